The first-order valence-electron chi connectivity index (χ1n) is 18.7. The maximum absolute atomic E-state index is 2.66. The van der Waals surface area contributed by atoms with Gasteiger partial charge in [0.2, 0.25) is 0 Å². The second-order valence-electron chi connectivity index (χ2n) is 17.5. The zero-order valence-electron chi connectivity index (χ0n) is 32.4. The summed E-state index contributed by atoms with van der Waals surface area (Å²) in [6.45, 7) is 21.8. The summed E-state index contributed by atoms with van der Waals surface area (Å²) in [5.74, 6) is 0. The van der Waals surface area contributed by atoms with Crippen LogP contribution in [0, 0.1) is 5.41 Å². The minimum atomic E-state index is -2.66. The van der Waals surface area contributed by atoms with Crippen LogP contribution in [0.4, 0.5) is 0 Å². The van der Waals surface area contributed by atoms with Gasteiger partial charge in [0.25, 0.3) is 0 Å². The van der Waals surface area contributed by atoms with Crippen LogP contribution in [0.25, 0.3) is 22.3 Å². The molecular weight excluding hydrogens is 751 g/mol. The van der Waals surface area contributed by atoms with Crippen molar-refractivity contribution in [2.24, 2.45) is 5.41 Å². The quantitative estimate of drug-likeness (QED) is 0.184. The number of allylic oxidation sites excluding steroid dienone is 8. The van der Waals surface area contributed by atoms with Gasteiger partial charge in [-0.25, -0.2) is 0 Å². The number of halogens is 2. The summed E-state index contributed by atoms with van der Waals surface area (Å²) in [6, 6.07) is 32.9. The van der Waals surface area contributed by atoms with E-state index in [0.717, 1.165) is 25.7 Å². The molecule has 4 aromatic carbocycles. The fourth-order valence-electron chi connectivity index (χ4n) is 9.62. The van der Waals surface area contributed by atoms with Crippen molar-refractivity contribution in [1.29, 1.82) is 0 Å². The van der Waals surface area contributed by atoms with E-state index in [9.17, 15) is 0 Å². The van der Waals surface area contributed by atoms with Gasteiger partial charge in [-0.3, -0.25) is 0 Å². The van der Waals surface area contributed by atoms with E-state index in [1.165, 1.54) is 61.2 Å². The maximum atomic E-state index is 2.66. The van der Waals surface area contributed by atoms with Crippen molar-refractivity contribution in [2.45, 2.75) is 98.8 Å². The van der Waals surface area contributed by atoms with Crippen LogP contribution in [0.1, 0.15) is 113 Å². The van der Waals surface area contributed by atoms with Crippen molar-refractivity contribution < 1.29 is 46.1 Å². The Balaban J connectivity index is 0.00000232. The first-order chi connectivity index (χ1) is 23.7. The number of benzene rings is 4. The molecule has 4 aliphatic rings. The summed E-state index contributed by atoms with van der Waals surface area (Å²) in [4.78, 5) is 0. The Bertz CT molecular complexity index is 2190. The summed E-state index contributed by atoms with van der Waals surface area (Å²) < 4.78 is 5.35. The van der Waals surface area contributed by atoms with Gasteiger partial charge in [-0.1, -0.05) is 0 Å². The smallest absolute Gasteiger partial charge is 1.00 e. The maximum Gasteiger partial charge on any atom is -1.00 e. The van der Waals surface area contributed by atoms with Crippen LogP contribution < -0.4 is 24.8 Å². The number of hydrogen-bond acceptors (Lipinski definition) is 0. The second-order valence-corrected chi connectivity index (χ2v) is 23.9. The molecule has 0 atom stereocenters. The van der Waals surface area contributed by atoms with Gasteiger partial charge in [0.05, 0.1) is 0 Å². The predicted octanol–water partition coefficient (Wildman–Crippen LogP) is 6.52. The molecule has 0 fully saturated rings. The fourth-order valence-corrected chi connectivity index (χ4v) is 18.9. The van der Waals surface area contributed by atoms with Gasteiger partial charge in [-0.15, -0.1) is 0 Å². The van der Waals surface area contributed by atoms with E-state index in [4.69, 9.17) is 0 Å². The van der Waals surface area contributed by atoms with Crippen molar-refractivity contribution in [3.05, 3.63) is 160 Å². The Morgan fingerprint density at radius 2 is 1.23 bits per heavy atom. The molecule has 0 aromatic heterocycles. The fraction of sp³-hybridized carbons (Fsp3) is 0.327. The molecule has 0 aliphatic heterocycles. The molecule has 0 saturated carbocycles. The first-order valence-corrected chi connectivity index (χ1v) is 22.4. The largest absolute Gasteiger partial charge is 1.00 e. The van der Waals surface area contributed by atoms with Gasteiger partial charge in [0, 0.05) is 0 Å². The number of rotatable bonds is 6. The molecule has 266 valence electrons. The van der Waals surface area contributed by atoms with Gasteiger partial charge in [-0.05, 0) is 0 Å². The van der Waals surface area contributed by atoms with Gasteiger partial charge < -0.3 is 24.8 Å². The average molecular weight is 803 g/mol. The topological polar surface area (TPSA) is 0 Å². The average Bonchev–Trinajstić information content (AvgIpc) is 3.80. The molecule has 3 heteroatoms. The summed E-state index contributed by atoms with van der Waals surface area (Å²) in [5.41, 5.74) is 19.6. The van der Waals surface area contributed by atoms with Crippen molar-refractivity contribution in [3.8, 4) is 11.1 Å². The zero-order valence-corrected chi connectivity index (χ0v) is 36.4. The Morgan fingerprint density at radius 1 is 0.692 bits per heavy atom. The van der Waals surface area contributed by atoms with E-state index in [-0.39, 0.29) is 41.1 Å². The molecule has 0 radical (unpaired) electrons. The van der Waals surface area contributed by atoms with Crippen LogP contribution in [0.3, 0.4) is 0 Å². The zero-order chi connectivity index (χ0) is 35.2. The van der Waals surface area contributed by atoms with Crippen LogP contribution in [0.2, 0.25) is 0 Å². The SMILES string of the molecule is CC1=CC(C)(C)c2cc3c(cc21)-c1cc2c(cc1C3)C(C)(C)[C]([Zr+2]([C]1=CC(C(C)(C)C)=CC1)=[C](Cc1ccccc1)Cc1ccccc1)=C2C.[Cl-].[Cl-]. The second kappa shape index (κ2) is 14.1. The third-order valence-corrected chi connectivity index (χ3v) is 20.8. The third-order valence-electron chi connectivity index (χ3n) is 12.1. The molecule has 0 amide bonds. The molecule has 4 aliphatic carbocycles. The van der Waals surface area contributed by atoms with Crippen molar-refractivity contribution in [2.75, 3.05) is 0 Å². The summed E-state index contributed by atoms with van der Waals surface area (Å²) >= 11 is -2.66. The minimum absolute atomic E-state index is 0. The Labute approximate surface area is 333 Å². The molecular formula is C49H52Cl2Zr. The van der Waals surface area contributed by atoms with Crippen LogP contribution >= 0.6 is 0 Å². The summed E-state index contributed by atoms with van der Waals surface area (Å²) in [6.07, 6.45) is 12.0. The van der Waals surface area contributed by atoms with Crippen LogP contribution in [-0.2, 0) is 51.4 Å². The number of fused-ring (bicyclic) bond motifs is 5. The molecule has 0 unspecified atom stereocenters. The standard InChI is InChI=1S/C25H25.C15H14.C9H13.2ClH.Zr/c1-14-12-24(3,4)22-8-16-7-17-9-23-19(15(2)13-25(23,5)6)11-21(17)20(16)10-18(14)22;1-3-8-14(9-4-1)12-7-13-15-10-5-2-6-11-15;1-9(2,3)8-6-4-5-7-8;;;/h8-12H,7H2,1-6H3;1-6,8-11H,12-13H2;6-7H,4H2,1-3H3;2*1H;/q;;;;;+2/p-2. The molecule has 4 aromatic rings. The van der Waals surface area contributed by atoms with Gasteiger partial charge >= 0.3 is 311 Å². The van der Waals surface area contributed by atoms with E-state index in [0.29, 0.717) is 0 Å². The van der Waals surface area contributed by atoms with Gasteiger partial charge in [0.15, 0.2) is 0 Å². The van der Waals surface area contributed by atoms with E-state index in [2.05, 4.69) is 165 Å². The molecule has 52 heavy (non-hydrogen) atoms. The molecule has 8 rings (SSSR count). The Morgan fingerprint density at radius 3 is 1.77 bits per heavy atom. The van der Waals surface area contributed by atoms with E-state index < -0.39 is 21.3 Å². The third kappa shape index (κ3) is 6.63. The van der Waals surface area contributed by atoms with Crippen molar-refractivity contribution in [3.63, 3.8) is 0 Å². The van der Waals surface area contributed by atoms with Gasteiger partial charge in [-0.2, -0.15) is 0 Å². The summed E-state index contributed by atoms with van der Waals surface area (Å²) in [5, 5.41) is 0. The van der Waals surface area contributed by atoms with Crippen molar-refractivity contribution >= 4 is 14.4 Å². The minimum Gasteiger partial charge on any atom is -1.00 e. The van der Waals surface area contributed by atoms with E-state index in [1.54, 1.807) is 20.9 Å². The normalized spacial score (nSPS) is 17.0. The predicted molar refractivity (Wildman–Crippen MR) is 213 cm³/mol. The molecule has 0 spiro atoms. The number of hydrogen-bond donors (Lipinski definition) is 0. The van der Waals surface area contributed by atoms with Crippen LogP contribution in [-0.4, -0.2) is 3.21 Å². The Hall–Kier alpha value is -2.83. The molecule has 0 saturated heterocycles. The monoisotopic (exact) mass is 800 g/mol. The van der Waals surface area contributed by atoms with Gasteiger partial charge in [0.1, 0.15) is 0 Å². The summed E-state index contributed by atoms with van der Waals surface area (Å²) in [7, 11) is 0. The van der Waals surface area contributed by atoms with Crippen molar-refractivity contribution in [1.82, 2.24) is 0 Å². The van der Waals surface area contributed by atoms with E-state index >= 15 is 0 Å². The molecule has 0 nitrogen and oxygen atoms in total. The molecule has 0 N–H and O–H groups in total. The van der Waals surface area contributed by atoms with Crippen LogP contribution in [0.15, 0.2) is 115 Å². The Kier molecular flexibility index (Phi) is 10.5. The molecule has 0 bridgehead atoms. The van der Waals surface area contributed by atoms with Crippen LogP contribution in [0.5, 0.6) is 0 Å². The van der Waals surface area contributed by atoms with E-state index in [1.807, 2.05) is 0 Å². The molecule has 0 heterocycles. The first kappa shape index (κ1) is 38.9.